The number of carbonyl (C=O) groups is 1. The molecule has 5 nitrogen and oxygen atoms in total. The van der Waals surface area contributed by atoms with Gasteiger partial charge in [-0.15, -0.1) is 0 Å². The maximum atomic E-state index is 10.8. The summed E-state index contributed by atoms with van der Waals surface area (Å²) in [6.07, 6.45) is 4.74. The molecule has 0 amide bonds. The van der Waals surface area contributed by atoms with Crippen LogP contribution in [0.15, 0.2) is 18.2 Å². The average Bonchev–Trinajstić information content (AvgIpc) is 2.42. The molecule has 110 valence electrons. The number of nitrogens with zero attached hydrogens (tertiary/aromatic N) is 1. The normalized spacial score (nSPS) is 19.8. The first-order valence-electron chi connectivity index (χ1n) is 7.04. The van der Waals surface area contributed by atoms with Gasteiger partial charge < -0.3 is 20.5 Å². The zero-order chi connectivity index (χ0) is 14.5. The standard InChI is InChI=1S/C15H22N2O3/c1-17-8-3-2-4-12(17)7-9-20-14-6-5-11(15(18)19)10-13(14)16/h5-6,10,12H,2-4,7-9,16H2,1H3,(H,18,19). The smallest absolute Gasteiger partial charge is 0.335 e. The van der Waals surface area contributed by atoms with E-state index in [-0.39, 0.29) is 5.56 Å². The van der Waals surface area contributed by atoms with E-state index in [9.17, 15) is 4.79 Å². The molecule has 20 heavy (non-hydrogen) atoms. The molecular formula is C15H22N2O3. The highest BCUT2D eigenvalue weighted by Crippen LogP contribution is 2.24. The van der Waals surface area contributed by atoms with Crippen LogP contribution in [-0.2, 0) is 0 Å². The van der Waals surface area contributed by atoms with Crippen molar-refractivity contribution in [1.29, 1.82) is 0 Å². The highest BCUT2D eigenvalue weighted by atomic mass is 16.5. The summed E-state index contributed by atoms with van der Waals surface area (Å²) in [6, 6.07) is 5.15. The zero-order valence-electron chi connectivity index (χ0n) is 11.8. The maximum Gasteiger partial charge on any atom is 0.335 e. The first-order chi connectivity index (χ1) is 9.58. The van der Waals surface area contributed by atoms with Gasteiger partial charge in [0.15, 0.2) is 0 Å². The summed E-state index contributed by atoms with van der Waals surface area (Å²) in [5, 5.41) is 8.87. The Bertz CT molecular complexity index is 476. The Labute approximate surface area is 119 Å². The van der Waals surface area contributed by atoms with Crippen molar-refractivity contribution in [3.8, 4) is 5.75 Å². The monoisotopic (exact) mass is 278 g/mol. The van der Waals surface area contributed by atoms with Crippen molar-refractivity contribution in [2.24, 2.45) is 0 Å². The molecule has 1 aromatic rings. The van der Waals surface area contributed by atoms with E-state index >= 15 is 0 Å². The lowest BCUT2D eigenvalue weighted by atomic mass is 10.0. The highest BCUT2D eigenvalue weighted by Gasteiger charge is 2.18. The quantitative estimate of drug-likeness (QED) is 0.808. The van der Waals surface area contributed by atoms with Gasteiger partial charge in [0.05, 0.1) is 17.9 Å². The lowest BCUT2D eigenvalue weighted by Gasteiger charge is -2.32. The molecule has 1 aliphatic rings. The summed E-state index contributed by atoms with van der Waals surface area (Å²) < 4.78 is 5.68. The number of likely N-dealkylation sites (tertiary alicyclic amines) is 1. The fourth-order valence-electron chi connectivity index (χ4n) is 2.63. The third kappa shape index (κ3) is 3.63. The van der Waals surface area contributed by atoms with Crippen molar-refractivity contribution in [3.63, 3.8) is 0 Å². The number of benzene rings is 1. The minimum Gasteiger partial charge on any atom is -0.491 e. The Morgan fingerprint density at radius 3 is 2.95 bits per heavy atom. The van der Waals surface area contributed by atoms with Crippen LogP contribution in [0.4, 0.5) is 5.69 Å². The van der Waals surface area contributed by atoms with Crippen LogP contribution in [0, 0.1) is 0 Å². The topological polar surface area (TPSA) is 75.8 Å². The average molecular weight is 278 g/mol. The Morgan fingerprint density at radius 2 is 2.30 bits per heavy atom. The van der Waals surface area contributed by atoms with Crippen LogP contribution in [-0.4, -0.2) is 42.2 Å². The molecule has 1 heterocycles. The molecular weight excluding hydrogens is 256 g/mol. The van der Waals surface area contributed by atoms with Crippen molar-refractivity contribution in [3.05, 3.63) is 23.8 Å². The van der Waals surface area contributed by atoms with Crippen LogP contribution in [0.25, 0.3) is 0 Å². The van der Waals surface area contributed by atoms with Crippen molar-refractivity contribution in [1.82, 2.24) is 4.90 Å². The van der Waals surface area contributed by atoms with Gasteiger partial charge in [-0.3, -0.25) is 0 Å². The molecule has 3 N–H and O–H groups in total. The van der Waals surface area contributed by atoms with Gasteiger partial charge in [0.25, 0.3) is 0 Å². The van der Waals surface area contributed by atoms with Gasteiger partial charge in [0, 0.05) is 6.04 Å². The molecule has 0 radical (unpaired) electrons. The molecule has 0 aliphatic carbocycles. The molecule has 5 heteroatoms. The fourth-order valence-corrected chi connectivity index (χ4v) is 2.63. The zero-order valence-corrected chi connectivity index (χ0v) is 11.8. The van der Waals surface area contributed by atoms with E-state index in [2.05, 4.69) is 11.9 Å². The van der Waals surface area contributed by atoms with Gasteiger partial charge in [-0.25, -0.2) is 4.79 Å². The minimum atomic E-state index is -0.980. The number of hydrogen-bond acceptors (Lipinski definition) is 4. The number of nitrogens with two attached hydrogens (primary N) is 1. The lowest BCUT2D eigenvalue weighted by molar-refractivity contribution is 0.0697. The first kappa shape index (κ1) is 14.7. The molecule has 1 fully saturated rings. The summed E-state index contributed by atoms with van der Waals surface area (Å²) in [5.74, 6) is -0.416. The Hall–Kier alpha value is -1.75. The molecule has 1 atom stereocenters. The predicted molar refractivity (Wildman–Crippen MR) is 78.2 cm³/mol. The highest BCUT2D eigenvalue weighted by molar-refractivity contribution is 5.89. The largest absolute Gasteiger partial charge is 0.491 e. The molecule has 1 aromatic carbocycles. The fraction of sp³-hybridized carbons (Fsp3) is 0.533. The molecule has 0 bridgehead atoms. The van der Waals surface area contributed by atoms with E-state index in [0.29, 0.717) is 24.1 Å². The molecule has 1 unspecified atom stereocenters. The number of ether oxygens (including phenoxy) is 1. The van der Waals surface area contributed by atoms with Gasteiger partial charge in [-0.05, 0) is 51.1 Å². The van der Waals surface area contributed by atoms with E-state index in [0.717, 1.165) is 13.0 Å². The van der Waals surface area contributed by atoms with Crippen molar-refractivity contribution in [2.45, 2.75) is 31.7 Å². The van der Waals surface area contributed by atoms with Crippen LogP contribution in [0.2, 0.25) is 0 Å². The van der Waals surface area contributed by atoms with Gasteiger partial charge in [-0.2, -0.15) is 0 Å². The van der Waals surface area contributed by atoms with E-state index < -0.39 is 5.97 Å². The van der Waals surface area contributed by atoms with Crippen LogP contribution >= 0.6 is 0 Å². The summed E-state index contributed by atoms with van der Waals surface area (Å²) in [6.45, 7) is 1.76. The number of nitrogen functional groups attached to an aromatic ring is 1. The van der Waals surface area contributed by atoms with Crippen molar-refractivity contribution in [2.75, 3.05) is 25.9 Å². The number of piperidine rings is 1. The second kappa shape index (κ2) is 6.61. The molecule has 1 aliphatic heterocycles. The number of rotatable bonds is 5. The molecule has 1 saturated heterocycles. The third-order valence-electron chi connectivity index (χ3n) is 3.89. The van der Waals surface area contributed by atoms with E-state index in [1.807, 2.05) is 0 Å². The predicted octanol–water partition coefficient (Wildman–Crippen LogP) is 2.22. The van der Waals surface area contributed by atoms with Crippen molar-refractivity contribution >= 4 is 11.7 Å². The number of hydrogen-bond donors (Lipinski definition) is 2. The minimum absolute atomic E-state index is 0.182. The third-order valence-corrected chi connectivity index (χ3v) is 3.89. The first-order valence-corrected chi connectivity index (χ1v) is 7.04. The van der Waals surface area contributed by atoms with Gasteiger partial charge >= 0.3 is 5.97 Å². The van der Waals surface area contributed by atoms with Crippen LogP contribution < -0.4 is 10.5 Å². The Kier molecular flexibility index (Phi) is 4.84. The van der Waals surface area contributed by atoms with Gasteiger partial charge in [0.1, 0.15) is 5.75 Å². The summed E-state index contributed by atoms with van der Waals surface area (Å²) in [4.78, 5) is 13.2. The summed E-state index contributed by atoms with van der Waals surface area (Å²) in [5.41, 5.74) is 6.37. The van der Waals surface area contributed by atoms with E-state index in [1.54, 1.807) is 6.07 Å². The molecule has 0 saturated carbocycles. The van der Waals surface area contributed by atoms with Crippen LogP contribution in [0.5, 0.6) is 5.75 Å². The van der Waals surface area contributed by atoms with Gasteiger partial charge in [0.2, 0.25) is 0 Å². The molecule has 0 spiro atoms. The van der Waals surface area contributed by atoms with E-state index in [4.69, 9.17) is 15.6 Å². The van der Waals surface area contributed by atoms with Crippen LogP contribution in [0.3, 0.4) is 0 Å². The number of anilines is 1. The number of carboxylic acid groups (broad SMARTS) is 1. The van der Waals surface area contributed by atoms with Gasteiger partial charge in [-0.1, -0.05) is 6.42 Å². The molecule has 2 rings (SSSR count). The SMILES string of the molecule is CN1CCCCC1CCOc1ccc(C(=O)O)cc1N. The summed E-state index contributed by atoms with van der Waals surface area (Å²) >= 11 is 0. The number of aromatic carboxylic acids is 1. The van der Waals surface area contributed by atoms with Crippen LogP contribution in [0.1, 0.15) is 36.0 Å². The summed E-state index contributed by atoms with van der Waals surface area (Å²) in [7, 11) is 2.15. The number of carboxylic acids is 1. The van der Waals surface area contributed by atoms with E-state index in [1.165, 1.54) is 31.4 Å². The second-order valence-electron chi connectivity index (χ2n) is 5.33. The van der Waals surface area contributed by atoms with Crippen molar-refractivity contribution < 1.29 is 14.6 Å². The molecule has 0 aromatic heterocycles. The Balaban J connectivity index is 1.86. The lowest BCUT2D eigenvalue weighted by Crippen LogP contribution is -2.37. The maximum absolute atomic E-state index is 10.8. The second-order valence-corrected chi connectivity index (χ2v) is 5.33. The Morgan fingerprint density at radius 1 is 1.50 bits per heavy atom.